The summed E-state index contributed by atoms with van der Waals surface area (Å²) in [5, 5.41) is 1.11. The molecular weight excluding hydrogens is 242 g/mol. The van der Waals surface area contributed by atoms with Crippen LogP contribution in [0.1, 0.15) is 20.8 Å². The standard InChI is InChI=1S/C15H19NO3/c1-15(2,3)10-18-14(17)19-12-6-5-11-7-8-16(4)13(11)9-12/h5-9H,10H2,1-4H3. The molecule has 0 spiro atoms. The lowest BCUT2D eigenvalue weighted by molar-refractivity contribution is 0.0685. The molecule has 0 saturated heterocycles. The van der Waals surface area contributed by atoms with Gasteiger partial charge in [0, 0.05) is 19.3 Å². The quantitative estimate of drug-likeness (QED) is 0.610. The summed E-state index contributed by atoms with van der Waals surface area (Å²) >= 11 is 0. The van der Waals surface area contributed by atoms with Gasteiger partial charge in [-0.25, -0.2) is 4.79 Å². The minimum Gasteiger partial charge on any atom is -0.433 e. The normalized spacial score (nSPS) is 11.6. The fourth-order valence-corrected chi connectivity index (χ4v) is 1.71. The van der Waals surface area contributed by atoms with Crippen LogP contribution >= 0.6 is 0 Å². The second kappa shape index (κ2) is 4.96. The number of carbonyl (C=O) groups excluding carboxylic acids is 1. The fourth-order valence-electron chi connectivity index (χ4n) is 1.71. The second-order valence-electron chi connectivity index (χ2n) is 5.85. The van der Waals surface area contributed by atoms with Crippen molar-refractivity contribution in [2.45, 2.75) is 20.8 Å². The maximum atomic E-state index is 11.6. The summed E-state index contributed by atoms with van der Waals surface area (Å²) < 4.78 is 12.2. The van der Waals surface area contributed by atoms with Crippen LogP contribution in [0.5, 0.6) is 5.75 Å². The van der Waals surface area contributed by atoms with Crippen molar-refractivity contribution >= 4 is 17.1 Å². The van der Waals surface area contributed by atoms with Crippen molar-refractivity contribution in [3.05, 3.63) is 30.5 Å². The number of benzene rings is 1. The molecule has 0 fully saturated rings. The van der Waals surface area contributed by atoms with Gasteiger partial charge in [-0.3, -0.25) is 0 Å². The first-order valence-corrected chi connectivity index (χ1v) is 6.25. The molecule has 2 rings (SSSR count). The topological polar surface area (TPSA) is 40.5 Å². The molecule has 0 saturated carbocycles. The van der Waals surface area contributed by atoms with E-state index in [1.165, 1.54) is 0 Å². The van der Waals surface area contributed by atoms with Crippen molar-refractivity contribution in [1.29, 1.82) is 0 Å². The first-order valence-electron chi connectivity index (χ1n) is 6.25. The zero-order chi connectivity index (χ0) is 14.0. The Morgan fingerprint density at radius 3 is 2.68 bits per heavy atom. The van der Waals surface area contributed by atoms with Crippen LogP contribution in [0.25, 0.3) is 10.9 Å². The van der Waals surface area contributed by atoms with E-state index in [1.54, 1.807) is 6.07 Å². The van der Waals surface area contributed by atoms with Crippen LogP contribution in [0, 0.1) is 5.41 Å². The number of ether oxygens (including phenoxy) is 2. The SMILES string of the molecule is Cn1ccc2ccc(OC(=O)OCC(C)(C)C)cc21. The molecule has 0 unspecified atom stereocenters. The van der Waals surface area contributed by atoms with Gasteiger partial charge in [0.2, 0.25) is 0 Å². The Morgan fingerprint density at radius 1 is 1.26 bits per heavy atom. The molecule has 0 aliphatic carbocycles. The molecule has 0 bridgehead atoms. The van der Waals surface area contributed by atoms with Crippen LogP contribution in [0.4, 0.5) is 4.79 Å². The number of aromatic nitrogens is 1. The fraction of sp³-hybridized carbons (Fsp3) is 0.400. The number of nitrogens with zero attached hydrogens (tertiary/aromatic N) is 1. The summed E-state index contributed by atoms with van der Waals surface area (Å²) in [5.41, 5.74) is 0.947. The van der Waals surface area contributed by atoms with E-state index in [4.69, 9.17) is 9.47 Å². The van der Waals surface area contributed by atoms with Gasteiger partial charge in [-0.15, -0.1) is 0 Å². The summed E-state index contributed by atoms with van der Waals surface area (Å²) in [5.74, 6) is 0.494. The van der Waals surface area contributed by atoms with E-state index in [2.05, 4.69) is 0 Å². The Hall–Kier alpha value is -1.97. The third-order valence-corrected chi connectivity index (χ3v) is 2.68. The van der Waals surface area contributed by atoms with Crippen LogP contribution in [0.15, 0.2) is 30.5 Å². The van der Waals surface area contributed by atoms with E-state index in [1.807, 2.05) is 56.8 Å². The van der Waals surface area contributed by atoms with Crippen molar-refractivity contribution in [2.75, 3.05) is 6.61 Å². The molecule has 0 aliphatic rings. The molecule has 19 heavy (non-hydrogen) atoms. The lowest BCUT2D eigenvalue weighted by Crippen LogP contribution is -2.20. The Kier molecular flexibility index (Phi) is 3.51. The van der Waals surface area contributed by atoms with Gasteiger partial charge < -0.3 is 14.0 Å². The smallest absolute Gasteiger partial charge is 0.433 e. The van der Waals surface area contributed by atoms with Crippen LogP contribution in [0.3, 0.4) is 0 Å². The van der Waals surface area contributed by atoms with Crippen molar-refractivity contribution in [3.63, 3.8) is 0 Å². The van der Waals surface area contributed by atoms with Crippen molar-refractivity contribution in [2.24, 2.45) is 12.5 Å². The van der Waals surface area contributed by atoms with Gasteiger partial charge in [0.25, 0.3) is 0 Å². The van der Waals surface area contributed by atoms with E-state index in [9.17, 15) is 4.79 Å². The van der Waals surface area contributed by atoms with E-state index in [0.717, 1.165) is 10.9 Å². The zero-order valence-corrected chi connectivity index (χ0v) is 11.8. The van der Waals surface area contributed by atoms with Crippen LogP contribution in [-0.2, 0) is 11.8 Å². The van der Waals surface area contributed by atoms with Gasteiger partial charge >= 0.3 is 6.16 Å². The monoisotopic (exact) mass is 261 g/mol. The average Bonchev–Trinajstić information content (AvgIpc) is 2.68. The van der Waals surface area contributed by atoms with E-state index in [0.29, 0.717) is 12.4 Å². The molecule has 0 aliphatic heterocycles. The third kappa shape index (κ3) is 3.50. The minimum absolute atomic E-state index is 0.0684. The highest BCUT2D eigenvalue weighted by Gasteiger charge is 2.15. The number of aryl methyl sites for hydroxylation is 1. The lowest BCUT2D eigenvalue weighted by Gasteiger charge is -2.17. The zero-order valence-electron chi connectivity index (χ0n) is 11.8. The molecule has 4 heteroatoms. The number of carbonyl (C=O) groups is 1. The van der Waals surface area contributed by atoms with Gasteiger partial charge in [0.1, 0.15) is 5.75 Å². The minimum atomic E-state index is -0.663. The summed E-state index contributed by atoms with van der Waals surface area (Å²) in [7, 11) is 1.95. The summed E-state index contributed by atoms with van der Waals surface area (Å²) in [6.45, 7) is 6.32. The number of fused-ring (bicyclic) bond motifs is 1. The van der Waals surface area contributed by atoms with Crippen molar-refractivity contribution in [1.82, 2.24) is 4.57 Å². The molecule has 0 amide bonds. The summed E-state index contributed by atoms with van der Waals surface area (Å²) in [6.07, 6.45) is 1.30. The molecule has 2 aromatic rings. The Morgan fingerprint density at radius 2 is 2.00 bits per heavy atom. The molecule has 0 atom stereocenters. The van der Waals surface area contributed by atoms with E-state index >= 15 is 0 Å². The number of rotatable bonds is 2. The van der Waals surface area contributed by atoms with Crippen molar-refractivity contribution in [3.8, 4) is 5.75 Å². The number of hydrogen-bond donors (Lipinski definition) is 0. The maximum absolute atomic E-state index is 11.6. The van der Waals surface area contributed by atoms with Gasteiger partial charge in [-0.1, -0.05) is 20.8 Å². The van der Waals surface area contributed by atoms with Crippen LogP contribution < -0.4 is 4.74 Å². The Labute approximate surface area is 112 Å². The Balaban J connectivity index is 2.04. The highest BCUT2D eigenvalue weighted by molar-refractivity contribution is 5.82. The van der Waals surface area contributed by atoms with Crippen LogP contribution in [0.2, 0.25) is 0 Å². The van der Waals surface area contributed by atoms with Crippen molar-refractivity contribution < 1.29 is 14.3 Å². The molecule has 0 radical (unpaired) electrons. The molecular formula is C15H19NO3. The van der Waals surface area contributed by atoms with E-state index in [-0.39, 0.29) is 5.41 Å². The maximum Gasteiger partial charge on any atom is 0.513 e. The van der Waals surface area contributed by atoms with Gasteiger partial charge in [0.15, 0.2) is 0 Å². The summed E-state index contributed by atoms with van der Waals surface area (Å²) in [6, 6.07) is 7.52. The molecule has 102 valence electrons. The summed E-state index contributed by atoms with van der Waals surface area (Å²) in [4.78, 5) is 11.6. The molecule has 1 aromatic heterocycles. The molecule has 0 N–H and O–H groups in total. The number of hydrogen-bond acceptors (Lipinski definition) is 3. The highest BCUT2D eigenvalue weighted by atomic mass is 16.7. The van der Waals surface area contributed by atoms with E-state index < -0.39 is 6.16 Å². The van der Waals surface area contributed by atoms with Crippen LogP contribution in [-0.4, -0.2) is 17.3 Å². The highest BCUT2D eigenvalue weighted by Crippen LogP contribution is 2.22. The first kappa shape index (κ1) is 13.5. The molecule has 1 heterocycles. The molecule has 1 aromatic carbocycles. The van der Waals surface area contributed by atoms with Gasteiger partial charge in [0.05, 0.1) is 12.1 Å². The first-order chi connectivity index (χ1) is 8.85. The second-order valence-corrected chi connectivity index (χ2v) is 5.85. The van der Waals surface area contributed by atoms with Gasteiger partial charge in [-0.2, -0.15) is 0 Å². The predicted molar refractivity (Wildman–Crippen MR) is 74.4 cm³/mol. The Bertz CT molecular complexity index is 593. The predicted octanol–water partition coefficient (Wildman–Crippen LogP) is 3.74. The third-order valence-electron chi connectivity index (χ3n) is 2.68. The molecule has 4 nitrogen and oxygen atoms in total. The lowest BCUT2D eigenvalue weighted by atomic mass is 9.99. The largest absolute Gasteiger partial charge is 0.513 e. The average molecular weight is 261 g/mol. The van der Waals surface area contributed by atoms with Gasteiger partial charge in [-0.05, 0) is 29.0 Å².